The third-order valence-electron chi connectivity index (χ3n) is 3.16. The summed E-state index contributed by atoms with van der Waals surface area (Å²) in [4.78, 5) is 13.4. The molecule has 2 aromatic heterocycles. The molecule has 0 N–H and O–H groups in total. The van der Waals surface area contributed by atoms with E-state index < -0.39 is 0 Å². The van der Waals surface area contributed by atoms with E-state index in [1.54, 1.807) is 11.3 Å². The molecule has 0 radical (unpaired) electrons. The third kappa shape index (κ3) is 2.61. The number of carbonyl (C=O) groups is 1. The summed E-state index contributed by atoms with van der Waals surface area (Å²) in [6.07, 6.45) is 4.16. The Labute approximate surface area is 112 Å². The van der Waals surface area contributed by atoms with Gasteiger partial charge in [-0.15, -0.1) is 22.7 Å². The molecule has 0 fully saturated rings. The molecule has 3 heteroatoms. The Kier molecular flexibility index (Phi) is 3.89. The zero-order valence-corrected chi connectivity index (χ0v) is 11.9. The first kappa shape index (κ1) is 11.4. The predicted octanol–water partition coefficient (Wildman–Crippen LogP) is 5.36. The minimum Gasteiger partial charge on any atom is -0.293 e. The van der Waals surface area contributed by atoms with Gasteiger partial charge in [-0.2, -0.15) is 0 Å². The van der Waals surface area contributed by atoms with Crippen LogP contribution in [0.15, 0.2) is 16.8 Å². The lowest BCUT2D eigenvalue weighted by molar-refractivity contribution is 0.0914. The molecule has 0 saturated carbocycles. The summed E-state index contributed by atoms with van der Waals surface area (Å²) < 4.78 is 8.73. The molecule has 17 heavy (non-hydrogen) atoms. The molecule has 0 aliphatic heterocycles. The Balaban J connectivity index is 2.25. The van der Waals surface area contributed by atoms with Crippen molar-refractivity contribution in [1.29, 1.82) is 0 Å². The van der Waals surface area contributed by atoms with Gasteiger partial charge in [-0.25, -0.2) is 0 Å². The molecular formula is C14H18OS2. The summed E-state index contributed by atoms with van der Waals surface area (Å²) in [5.74, 6) is 0.435. The van der Waals surface area contributed by atoms with Crippen molar-refractivity contribution in [3.05, 3.63) is 21.7 Å². The van der Waals surface area contributed by atoms with Gasteiger partial charge in [0.1, 0.15) is 0 Å². The van der Waals surface area contributed by atoms with Crippen molar-refractivity contribution in [2.45, 2.75) is 39.5 Å². The molecular weight excluding hydrogens is 248 g/mol. The van der Waals surface area contributed by atoms with Gasteiger partial charge in [0.05, 0.1) is 6.25 Å². The first-order chi connectivity index (χ1) is 8.67. The molecule has 2 rings (SSSR count). The lowest BCUT2D eigenvalue weighted by Gasteiger charge is -2.11. The largest absolute Gasteiger partial charge is 0.293 e. The minimum atomic E-state index is 0.154. The van der Waals surface area contributed by atoms with Gasteiger partial charge < -0.3 is 0 Å². The number of unbranched alkanes of at least 4 members (excludes halogenated alkanes) is 1. The minimum absolute atomic E-state index is 0.154. The fourth-order valence-electron chi connectivity index (χ4n) is 2.07. The molecule has 2 heterocycles. The zero-order chi connectivity index (χ0) is 13.1. The Morgan fingerprint density at radius 3 is 3.00 bits per heavy atom. The molecule has 0 aliphatic rings. The molecule has 0 spiro atoms. The van der Waals surface area contributed by atoms with Gasteiger partial charge in [0.25, 0.3) is 0 Å². The van der Waals surface area contributed by atoms with E-state index in [4.69, 9.17) is 1.37 Å². The lowest BCUT2D eigenvalue weighted by Crippen LogP contribution is -2.12. The van der Waals surface area contributed by atoms with Crippen molar-refractivity contribution in [2.24, 2.45) is 5.92 Å². The van der Waals surface area contributed by atoms with Crippen LogP contribution in [0.25, 0.3) is 10.1 Å². The van der Waals surface area contributed by atoms with Crippen molar-refractivity contribution in [2.75, 3.05) is 0 Å². The monoisotopic (exact) mass is 267 g/mol. The van der Waals surface area contributed by atoms with Crippen LogP contribution in [-0.4, -0.2) is 5.78 Å². The maximum atomic E-state index is 12.5. The fourth-order valence-corrected chi connectivity index (χ4v) is 3.97. The molecule has 0 aliphatic carbocycles. The number of ketones is 1. The van der Waals surface area contributed by atoms with Crippen molar-refractivity contribution in [3.63, 3.8) is 0 Å². The normalized spacial score (nSPS) is 13.9. The Hall–Kier alpha value is -0.670. The van der Waals surface area contributed by atoms with Gasteiger partial charge in [0.2, 0.25) is 0 Å². The number of rotatable bonds is 6. The molecule has 1 unspecified atom stereocenters. The predicted molar refractivity (Wildman–Crippen MR) is 77.3 cm³/mol. The van der Waals surface area contributed by atoms with E-state index in [0.717, 1.165) is 40.6 Å². The highest BCUT2D eigenvalue weighted by molar-refractivity contribution is 7.22. The first-order valence-electron chi connectivity index (χ1n) is 6.69. The van der Waals surface area contributed by atoms with Crippen molar-refractivity contribution >= 4 is 38.5 Å². The number of carbonyl (C=O) groups excluding carboxylic acids is 1. The van der Waals surface area contributed by atoms with Crippen molar-refractivity contribution in [1.82, 2.24) is 0 Å². The van der Waals surface area contributed by atoms with Crippen molar-refractivity contribution in [3.8, 4) is 0 Å². The average molecular weight is 267 g/mol. The van der Waals surface area contributed by atoms with Crippen LogP contribution in [0.5, 0.6) is 0 Å². The Morgan fingerprint density at radius 1 is 1.47 bits per heavy atom. The highest BCUT2D eigenvalue weighted by atomic mass is 32.1. The summed E-state index contributed by atoms with van der Waals surface area (Å²) in [6, 6.07) is 1.83. The second kappa shape index (κ2) is 5.78. The van der Waals surface area contributed by atoms with Gasteiger partial charge in [0, 0.05) is 21.4 Å². The molecule has 0 aromatic carbocycles. The fraction of sp³-hybridized carbons (Fsp3) is 0.500. The van der Waals surface area contributed by atoms with Crippen molar-refractivity contribution < 1.29 is 6.17 Å². The number of thiophene rings is 2. The van der Waals surface area contributed by atoms with E-state index in [1.165, 1.54) is 11.3 Å². The number of hydrogen-bond acceptors (Lipinski definition) is 3. The van der Waals surface area contributed by atoms with Crippen LogP contribution in [0, 0.1) is 5.92 Å². The van der Waals surface area contributed by atoms with Gasteiger partial charge >= 0.3 is 0 Å². The second-order valence-corrected chi connectivity index (χ2v) is 6.08. The first-order valence-corrected chi connectivity index (χ1v) is 7.88. The van der Waals surface area contributed by atoms with E-state index >= 15 is 0 Å². The van der Waals surface area contributed by atoms with Gasteiger partial charge in [-0.1, -0.05) is 26.7 Å². The van der Waals surface area contributed by atoms with E-state index in [-0.39, 0.29) is 11.7 Å². The Bertz CT molecular complexity index is 541. The summed E-state index contributed by atoms with van der Waals surface area (Å²) in [7, 11) is 0. The van der Waals surface area contributed by atoms with Gasteiger partial charge in [0.15, 0.2) is 5.78 Å². The van der Waals surface area contributed by atoms with Crippen LogP contribution in [0.3, 0.4) is 0 Å². The zero-order valence-electron chi connectivity index (χ0n) is 11.3. The molecule has 0 saturated heterocycles. The van der Waals surface area contributed by atoms with Crippen LogP contribution in [0.1, 0.15) is 50.6 Å². The van der Waals surface area contributed by atoms with Gasteiger partial charge in [-0.3, -0.25) is 4.79 Å². The van der Waals surface area contributed by atoms with Crippen LogP contribution in [0.4, 0.5) is 0 Å². The standard InChI is InChI=1S/C14H18OS2/c1-3-5-6-10(4-2)13(15)14-11-7-8-16-12(11)9-17-14/h7-10H,3-6H2,1-2H3/i8D. The van der Waals surface area contributed by atoms with E-state index in [9.17, 15) is 4.79 Å². The number of fused-ring (bicyclic) bond motifs is 1. The van der Waals surface area contributed by atoms with Gasteiger partial charge in [-0.05, 0) is 24.3 Å². The van der Waals surface area contributed by atoms with Crippen LogP contribution >= 0.6 is 22.7 Å². The lowest BCUT2D eigenvalue weighted by atomic mass is 9.93. The number of hydrogen-bond donors (Lipinski definition) is 0. The summed E-state index contributed by atoms with van der Waals surface area (Å²) in [6.45, 7) is 4.25. The molecule has 92 valence electrons. The highest BCUT2D eigenvalue weighted by Gasteiger charge is 2.21. The van der Waals surface area contributed by atoms with E-state index in [2.05, 4.69) is 13.8 Å². The Morgan fingerprint density at radius 2 is 2.29 bits per heavy atom. The summed E-state index contributed by atoms with van der Waals surface area (Å²) in [5, 5.41) is 3.55. The second-order valence-electron chi connectivity index (χ2n) is 4.32. The maximum Gasteiger partial charge on any atom is 0.176 e. The smallest absolute Gasteiger partial charge is 0.176 e. The molecule has 1 atom stereocenters. The molecule has 0 bridgehead atoms. The molecule has 1 nitrogen and oxygen atoms in total. The van der Waals surface area contributed by atoms with Crippen LogP contribution in [-0.2, 0) is 0 Å². The maximum absolute atomic E-state index is 12.5. The molecule has 2 aromatic rings. The third-order valence-corrected chi connectivity index (χ3v) is 5.11. The SMILES string of the molecule is [2H]c1cc2c(C(=O)C(CC)CCCC)scc2s1. The topological polar surface area (TPSA) is 17.1 Å². The van der Waals surface area contributed by atoms with E-state index in [1.807, 2.05) is 11.4 Å². The summed E-state index contributed by atoms with van der Waals surface area (Å²) >= 11 is 2.99. The van der Waals surface area contributed by atoms with E-state index in [0.29, 0.717) is 5.36 Å². The number of Topliss-reactive ketones (excluding diaryl/α,β-unsaturated/α-hetero) is 1. The van der Waals surface area contributed by atoms with Crippen LogP contribution in [0.2, 0.25) is 0 Å². The summed E-state index contributed by atoms with van der Waals surface area (Å²) in [5.41, 5.74) is 0. The highest BCUT2D eigenvalue weighted by Crippen LogP contribution is 2.33. The molecule has 0 amide bonds. The average Bonchev–Trinajstić information content (AvgIpc) is 2.88. The quantitative estimate of drug-likeness (QED) is 0.644. The van der Waals surface area contributed by atoms with Crippen LogP contribution < -0.4 is 0 Å².